The lowest BCUT2D eigenvalue weighted by Crippen LogP contribution is -2.23. The van der Waals surface area contributed by atoms with Crippen LogP contribution in [0.3, 0.4) is 0 Å². The summed E-state index contributed by atoms with van der Waals surface area (Å²) >= 11 is 1.32. The molecule has 0 radical (unpaired) electrons. The summed E-state index contributed by atoms with van der Waals surface area (Å²) in [5.74, 6) is 0.980. The minimum absolute atomic E-state index is 0.163. The van der Waals surface area contributed by atoms with Gasteiger partial charge in [-0.2, -0.15) is 9.50 Å². The Labute approximate surface area is 122 Å². The van der Waals surface area contributed by atoms with Crippen LogP contribution in [-0.2, 0) is 0 Å². The van der Waals surface area contributed by atoms with E-state index in [-0.39, 0.29) is 5.56 Å². The molecule has 0 aliphatic rings. The van der Waals surface area contributed by atoms with Gasteiger partial charge in [-0.05, 0) is 23.8 Å². The second kappa shape index (κ2) is 4.68. The maximum absolute atomic E-state index is 12.3. The van der Waals surface area contributed by atoms with Crippen molar-refractivity contribution < 1.29 is 4.42 Å². The van der Waals surface area contributed by atoms with Gasteiger partial charge in [0.25, 0.3) is 5.56 Å². The number of hydrogen-bond acceptors (Lipinski definition) is 5. The Morgan fingerprint density at radius 3 is 2.71 bits per heavy atom. The molecule has 0 saturated carbocycles. The van der Waals surface area contributed by atoms with E-state index in [4.69, 9.17) is 4.42 Å². The van der Waals surface area contributed by atoms with E-state index in [1.54, 1.807) is 18.4 Å². The first-order valence-corrected chi connectivity index (χ1v) is 7.13. The van der Waals surface area contributed by atoms with Gasteiger partial charge < -0.3 is 4.42 Å². The SMILES string of the molecule is O=c1/c(=C/c2ccccc2)sc2nc(-c3ccco3)nn12. The van der Waals surface area contributed by atoms with Crippen molar-refractivity contribution in [2.75, 3.05) is 0 Å². The molecule has 0 unspecified atom stereocenters. The molecule has 0 saturated heterocycles. The number of nitrogens with zero attached hydrogens (tertiary/aromatic N) is 3. The van der Waals surface area contributed by atoms with Crippen molar-refractivity contribution in [2.45, 2.75) is 0 Å². The van der Waals surface area contributed by atoms with E-state index < -0.39 is 0 Å². The Morgan fingerprint density at radius 1 is 1.14 bits per heavy atom. The zero-order valence-corrected chi connectivity index (χ0v) is 11.6. The highest BCUT2D eigenvalue weighted by Crippen LogP contribution is 2.16. The number of thiazole rings is 1. The van der Waals surface area contributed by atoms with Crippen LogP contribution in [0.2, 0.25) is 0 Å². The fourth-order valence-electron chi connectivity index (χ4n) is 2.04. The largest absolute Gasteiger partial charge is 0.461 e. The molecule has 0 aliphatic carbocycles. The van der Waals surface area contributed by atoms with Crippen molar-refractivity contribution >= 4 is 22.4 Å². The molecule has 1 aromatic carbocycles. The lowest BCUT2D eigenvalue weighted by molar-refractivity contribution is 0.577. The average Bonchev–Trinajstić information content (AvgIpc) is 3.20. The third-order valence-corrected chi connectivity index (χ3v) is 3.98. The monoisotopic (exact) mass is 295 g/mol. The summed E-state index contributed by atoms with van der Waals surface area (Å²) in [5.41, 5.74) is 0.814. The fourth-order valence-corrected chi connectivity index (χ4v) is 2.95. The number of fused-ring (bicyclic) bond motifs is 1. The summed E-state index contributed by atoms with van der Waals surface area (Å²) in [6.07, 6.45) is 3.40. The van der Waals surface area contributed by atoms with Crippen LogP contribution in [0.25, 0.3) is 22.6 Å². The van der Waals surface area contributed by atoms with Crippen LogP contribution >= 0.6 is 11.3 Å². The van der Waals surface area contributed by atoms with Crippen molar-refractivity contribution in [3.05, 3.63) is 69.2 Å². The van der Waals surface area contributed by atoms with Gasteiger partial charge in [0.1, 0.15) is 0 Å². The zero-order chi connectivity index (χ0) is 14.2. The lowest BCUT2D eigenvalue weighted by atomic mass is 10.2. The van der Waals surface area contributed by atoms with E-state index in [0.717, 1.165) is 5.56 Å². The summed E-state index contributed by atoms with van der Waals surface area (Å²) in [4.78, 5) is 17.2. The molecule has 3 aromatic heterocycles. The van der Waals surface area contributed by atoms with E-state index in [0.29, 0.717) is 21.1 Å². The third kappa shape index (κ3) is 2.05. The second-order valence-electron chi connectivity index (χ2n) is 4.43. The van der Waals surface area contributed by atoms with Crippen molar-refractivity contribution in [3.63, 3.8) is 0 Å². The molecular weight excluding hydrogens is 286 g/mol. The molecule has 6 heteroatoms. The van der Waals surface area contributed by atoms with Crippen LogP contribution in [0.5, 0.6) is 0 Å². The van der Waals surface area contributed by atoms with E-state index in [9.17, 15) is 4.79 Å². The normalized spacial score (nSPS) is 12.3. The quantitative estimate of drug-likeness (QED) is 0.567. The second-order valence-corrected chi connectivity index (χ2v) is 5.44. The molecule has 0 atom stereocenters. The van der Waals surface area contributed by atoms with E-state index in [2.05, 4.69) is 10.1 Å². The van der Waals surface area contributed by atoms with Crippen LogP contribution in [-0.4, -0.2) is 14.6 Å². The molecule has 0 amide bonds. The maximum Gasteiger partial charge on any atom is 0.291 e. The standard InChI is InChI=1S/C15H9N3O2S/c19-14-12(9-10-5-2-1-3-6-10)21-15-16-13(17-18(14)15)11-7-4-8-20-11/h1-9H/b12-9-. The van der Waals surface area contributed by atoms with Gasteiger partial charge in [-0.25, -0.2) is 0 Å². The predicted molar refractivity (Wildman–Crippen MR) is 80.1 cm³/mol. The Morgan fingerprint density at radius 2 is 2.00 bits per heavy atom. The minimum atomic E-state index is -0.163. The molecule has 0 aliphatic heterocycles. The lowest BCUT2D eigenvalue weighted by Gasteiger charge is -1.88. The summed E-state index contributed by atoms with van der Waals surface area (Å²) in [6, 6.07) is 13.2. The summed E-state index contributed by atoms with van der Waals surface area (Å²) in [5, 5.41) is 4.21. The maximum atomic E-state index is 12.3. The topological polar surface area (TPSA) is 60.4 Å². The molecule has 21 heavy (non-hydrogen) atoms. The first kappa shape index (κ1) is 12.0. The van der Waals surface area contributed by atoms with Gasteiger partial charge in [0.2, 0.25) is 10.8 Å². The average molecular weight is 295 g/mol. The zero-order valence-electron chi connectivity index (χ0n) is 10.8. The van der Waals surface area contributed by atoms with Gasteiger partial charge in [-0.1, -0.05) is 41.7 Å². The van der Waals surface area contributed by atoms with Gasteiger partial charge in [-0.15, -0.1) is 5.10 Å². The van der Waals surface area contributed by atoms with Crippen molar-refractivity contribution in [1.29, 1.82) is 0 Å². The first-order chi connectivity index (χ1) is 10.3. The minimum Gasteiger partial charge on any atom is -0.461 e. The number of rotatable bonds is 2. The Hall–Kier alpha value is -2.73. The molecule has 0 bridgehead atoms. The van der Waals surface area contributed by atoms with Crippen molar-refractivity contribution in [1.82, 2.24) is 14.6 Å². The molecule has 0 spiro atoms. The van der Waals surface area contributed by atoms with Gasteiger partial charge in [-0.3, -0.25) is 4.79 Å². The number of hydrogen-bond donors (Lipinski definition) is 0. The molecule has 102 valence electrons. The van der Waals surface area contributed by atoms with Crippen LogP contribution < -0.4 is 10.1 Å². The number of furan rings is 1. The highest BCUT2D eigenvalue weighted by atomic mass is 32.1. The Balaban J connectivity index is 1.87. The van der Waals surface area contributed by atoms with E-state index in [1.165, 1.54) is 15.9 Å². The van der Waals surface area contributed by atoms with Crippen molar-refractivity contribution in [3.8, 4) is 11.6 Å². The number of benzene rings is 1. The summed E-state index contributed by atoms with van der Waals surface area (Å²) in [6.45, 7) is 0. The molecule has 4 aromatic rings. The van der Waals surface area contributed by atoms with Crippen LogP contribution in [0.1, 0.15) is 5.56 Å². The van der Waals surface area contributed by atoms with Crippen LogP contribution in [0.15, 0.2) is 57.9 Å². The summed E-state index contributed by atoms with van der Waals surface area (Å²) < 4.78 is 7.17. The fraction of sp³-hybridized carbons (Fsp3) is 0. The Kier molecular flexibility index (Phi) is 2.68. The molecule has 0 N–H and O–H groups in total. The molecular formula is C15H9N3O2S. The van der Waals surface area contributed by atoms with E-state index in [1.807, 2.05) is 36.4 Å². The van der Waals surface area contributed by atoms with Gasteiger partial charge in [0, 0.05) is 0 Å². The smallest absolute Gasteiger partial charge is 0.291 e. The first-order valence-electron chi connectivity index (χ1n) is 6.31. The predicted octanol–water partition coefficient (Wildman–Crippen LogP) is 1.96. The molecule has 4 rings (SSSR count). The highest BCUT2D eigenvalue weighted by molar-refractivity contribution is 7.15. The van der Waals surface area contributed by atoms with Gasteiger partial charge in [0.05, 0.1) is 10.8 Å². The van der Waals surface area contributed by atoms with Gasteiger partial charge in [0.15, 0.2) is 5.76 Å². The highest BCUT2D eigenvalue weighted by Gasteiger charge is 2.13. The van der Waals surface area contributed by atoms with Gasteiger partial charge >= 0.3 is 0 Å². The van der Waals surface area contributed by atoms with Crippen LogP contribution in [0.4, 0.5) is 0 Å². The van der Waals surface area contributed by atoms with Crippen LogP contribution in [0, 0.1) is 0 Å². The third-order valence-electron chi connectivity index (χ3n) is 3.02. The molecule has 0 fully saturated rings. The summed E-state index contributed by atoms with van der Waals surface area (Å²) in [7, 11) is 0. The molecule has 3 heterocycles. The van der Waals surface area contributed by atoms with E-state index >= 15 is 0 Å². The molecule has 5 nitrogen and oxygen atoms in total. The number of aromatic nitrogens is 3. The Bertz CT molecular complexity index is 1000. The van der Waals surface area contributed by atoms with Crippen molar-refractivity contribution in [2.24, 2.45) is 0 Å².